The lowest BCUT2D eigenvalue weighted by molar-refractivity contribution is -0.385. The molecule has 3 rings (SSSR count). The Morgan fingerprint density at radius 2 is 1.93 bits per heavy atom. The summed E-state index contributed by atoms with van der Waals surface area (Å²) in [7, 11) is 0. The lowest BCUT2D eigenvalue weighted by Crippen LogP contribution is -1.98. The summed E-state index contributed by atoms with van der Waals surface area (Å²) in [6.07, 6.45) is 2.67. The molecule has 7 nitrogen and oxygen atoms in total. The van der Waals surface area contributed by atoms with Crippen molar-refractivity contribution in [3.05, 3.63) is 89.4 Å². The standard InChI is InChI=1S/C19H12BrCl3N4O3/c20-14-5-12(8-25-26-18-4-2-13(9-24-18)27(28)29)7-17(23)19(14)30-10-11-1-3-15(21)16(22)6-11/h1-9H,10H2,(H,24,26)/b25-8-. The van der Waals surface area contributed by atoms with Crippen molar-refractivity contribution in [3.63, 3.8) is 0 Å². The number of aromatic nitrogens is 1. The van der Waals surface area contributed by atoms with E-state index in [1.807, 2.05) is 6.07 Å². The molecule has 30 heavy (non-hydrogen) atoms. The highest BCUT2D eigenvalue weighted by atomic mass is 79.9. The molecule has 1 heterocycles. The number of hydrogen-bond acceptors (Lipinski definition) is 6. The summed E-state index contributed by atoms with van der Waals surface area (Å²) in [6.45, 7) is 0.260. The van der Waals surface area contributed by atoms with Crippen molar-refractivity contribution in [3.8, 4) is 5.75 Å². The number of nitro groups is 1. The second kappa shape index (κ2) is 10.1. The van der Waals surface area contributed by atoms with Crippen molar-refractivity contribution in [2.24, 2.45) is 5.10 Å². The molecule has 11 heteroatoms. The summed E-state index contributed by atoms with van der Waals surface area (Å²) in [5, 5.41) is 16.0. The fraction of sp³-hybridized carbons (Fsp3) is 0.0526. The molecule has 154 valence electrons. The van der Waals surface area contributed by atoms with Gasteiger partial charge >= 0.3 is 0 Å². The topological polar surface area (TPSA) is 89.7 Å². The van der Waals surface area contributed by atoms with Gasteiger partial charge in [-0.1, -0.05) is 40.9 Å². The Hall–Kier alpha value is -2.39. The zero-order valence-corrected chi connectivity index (χ0v) is 18.8. The number of anilines is 1. The van der Waals surface area contributed by atoms with E-state index in [-0.39, 0.29) is 12.3 Å². The Morgan fingerprint density at radius 1 is 1.13 bits per heavy atom. The summed E-state index contributed by atoms with van der Waals surface area (Å²) < 4.78 is 6.45. The number of halogens is 4. The van der Waals surface area contributed by atoms with Crippen molar-refractivity contribution in [1.82, 2.24) is 4.98 Å². The van der Waals surface area contributed by atoms with E-state index in [0.29, 0.717) is 36.7 Å². The molecule has 0 aliphatic carbocycles. The maximum absolute atomic E-state index is 10.6. The quantitative estimate of drug-likeness (QED) is 0.208. The van der Waals surface area contributed by atoms with Crippen molar-refractivity contribution in [1.29, 1.82) is 0 Å². The van der Waals surface area contributed by atoms with Gasteiger partial charge in [0.25, 0.3) is 5.69 Å². The van der Waals surface area contributed by atoms with E-state index in [1.54, 1.807) is 24.3 Å². The van der Waals surface area contributed by atoms with E-state index in [2.05, 4.69) is 31.4 Å². The first-order valence-electron chi connectivity index (χ1n) is 8.29. The third-order valence-corrected chi connectivity index (χ3v) is 5.35. The molecule has 0 radical (unpaired) electrons. The zero-order chi connectivity index (χ0) is 21.7. The Morgan fingerprint density at radius 3 is 2.57 bits per heavy atom. The number of hydrogen-bond donors (Lipinski definition) is 1. The van der Waals surface area contributed by atoms with Crippen LogP contribution in [-0.2, 0) is 6.61 Å². The van der Waals surface area contributed by atoms with Gasteiger partial charge in [0.2, 0.25) is 0 Å². The zero-order valence-electron chi connectivity index (χ0n) is 15.0. The molecule has 0 saturated heterocycles. The molecule has 0 atom stereocenters. The van der Waals surface area contributed by atoms with Crippen LogP contribution in [0.3, 0.4) is 0 Å². The molecule has 0 aliphatic rings. The van der Waals surface area contributed by atoms with Gasteiger partial charge in [0, 0.05) is 6.07 Å². The highest BCUT2D eigenvalue weighted by molar-refractivity contribution is 9.10. The first-order chi connectivity index (χ1) is 14.3. The monoisotopic (exact) mass is 528 g/mol. The lowest BCUT2D eigenvalue weighted by Gasteiger charge is -2.11. The number of nitrogens with zero attached hydrogens (tertiary/aromatic N) is 3. The average Bonchev–Trinajstić information content (AvgIpc) is 2.70. The van der Waals surface area contributed by atoms with Crippen molar-refractivity contribution in [2.45, 2.75) is 6.61 Å². The molecule has 0 spiro atoms. The summed E-state index contributed by atoms with van der Waals surface area (Å²) >= 11 is 21.7. The van der Waals surface area contributed by atoms with Crippen LogP contribution in [0.15, 0.2) is 58.2 Å². The SMILES string of the molecule is O=[N+]([O-])c1ccc(N/N=C\c2cc(Cl)c(OCc3ccc(Cl)c(Cl)c3)c(Br)c2)nc1. The second-order valence-electron chi connectivity index (χ2n) is 5.88. The van der Waals surface area contributed by atoms with Gasteiger partial charge in [0.1, 0.15) is 18.6 Å². The molecular formula is C19H12BrCl3N4O3. The first kappa shape index (κ1) is 22.3. The highest BCUT2D eigenvalue weighted by Crippen LogP contribution is 2.35. The smallest absolute Gasteiger partial charge is 0.287 e. The normalized spacial score (nSPS) is 10.9. The van der Waals surface area contributed by atoms with Gasteiger partial charge in [0.15, 0.2) is 5.75 Å². The number of hydrazone groups is 1. The Bertz CT molecular complexity index is 1090. The van der Waals surface area contributed by atoms with Crippen LogP contribution in [0.5, 0.6) is 5.75 Å². The molecular weight excluding hydrogens is 518 g/mol. The Labute approximate surface area is 194 Å². The summed E-state index contributed by atoms with van der Waals surface area (Å²) in [5.74, 6) is 0.841. The fourth-order valence-electron chi connectivity index (χ4n) is 2.31. The molecule has 0 fully saturated rings. The number of pyridine rings is 1. The first-order valence-corrected chi connectivity index (χ1v) is 10.2. The highest BCUT2D eigenvalue weighted by Gasteiger charge is 2.10. The number of ether oxygens (including phenoxy) is 1. The predicted molar refractivity (Wildman–Crippen MR) is 122 cm³/mol. The maximum Gasteiger partial charge on any atom is 0.287 e. The van der Waals surface area contributed by atoms with Crippen LogP contribution in [0.2, 0.25) is 15.1 Å². The van der Waals surface area contributed by atoms with Crippen LogP contribution in [0.25, 0.3) is 0 Å². The van der Waals surface area contributed by atoms with Crippen molar-refractivity contribution in [2.75, 3.05) is 5.43 Å². The molecule has 2 aromatic carbocycles. The van der Waals surface area contributed by atoms with E-state index >= 15 is 0 Å². The third-order valence-electron chi connectivity index (χ3n) is 3.74. The molecule has 0 saturated carbocycles. The lowest BCUT2D eigenvalue weighted by atomic mass is 10.2. The van der Waals surface area contributed by atoms with Gasteiger partial charge in [-0.25, -0.2) is 4.98 Å². The van der Waals surface area contributed by atoms with E-state index in [9.17, 15) is 10.1 Å². The summed E-state index contributed by atoms with van der Waals surface area (Å²) in [6, 6.07) is 11.5. The predicted octanol–water partition coefficient (Wildman–Crippen LogP) is 6.74. The van der Waals surface area contributed by atoms with Crippen LogP contribution in [0.4, 0.5) is 11.5 Å². The second-order valence-corrected chi connectivity index (χ2v) is 7.96. The Balaban J connectivity index is 1.65. The van der Waals surface area contributed by atoms with Crippen LogP contribution in [0, 0.1) is 10.1 Å². The average molecular weight is 531 g/mol. The minimum Gasteiger partial charge on any atom is -0.486 e. The molecule has 0 bridgehead atoms. The van der Waals surface area contributed by atoms with Crippen LogP contribution >= 0.6 is 50.7 Å². The van der Waals surface area contributed by atoms with E-state index in [4.69, 9.17) is 39.5 Å². The van der Waals surface area contributed by atoms with Crippen LogP contribution in [-0.4, -0.2) is 16.1 Å². The maximum atomic E-state index is 10.6. The number of benzene rings is 2. The molecule has 1 aromatic heterocycles. The van der Waals surface area contributed by atoms with Gasteiger partial charge in [-0.15, -0.1) is 0 Å². The van der Waals surface area contributed by atoms with Gasteiger partial charge in [-0.3, -0.25) is 15.5 Å². The molecule has 0 amide bonds. The molecule has 0 aliphatic heterocycles. The largest absolute Gasteiger partial charge is 0.486 e. The van der Waals surface area contributed by atoms with Gasteiger partial charge in [-0.2, -0.15) is 5.10 Å². The van der Waals surface area contributed by atoms with E-state index in [1.165, 1.54) is 18.3 Å². The molecule has 3 aromatic rings. The van der Waals surface area contributed by atoms with Gasteiger partial charge in [-0.05, 0) is 57.4 Å². The third kappa shape index (κ3) is 5.82. The fourth-order valence-corrected chi connectivity index (χ4v) is 3.62. The molecule has 0 unspecified atom stereocenters. The molecule has 1 N–H and O–H groups in total. The van der Waals surface area contributed by atoms with E-state index in [0.717, 1.165) is 11.8 Å². The van der Waals surface area contributed by atoms with Crippen molar-refractivity contribution >= 4 is 68.5 Å². The van der Waals surface area contributed by atoms with Gasteiger partial charge in [0.05, 0.1) is 30.7 Å². The van der Waals surface area contributed by atoms with E-state index < -0.39 is 4.92 Å². The van der Waals surface area contributed by atoms with Gasteiger partial charge < -0.3 is 4.74 Å². The minimum atomic E-state index is -0.523. The van der Waals surface area contributed by atoms with Crippen molar-refractivity contribution < 1.29 is 9.66 Å². The summed E-state index contributed by atoms with van der Waals surface area (Å²) in [5.41, 5.74) is 4.13. The van der Waals surface area contributed by atoms with Crippen LogP contribution < -0.4 is 10.2 Å². The minimum absolute atomic E-state index is 0.100. The Kier molecular flexibility index (Phi) is 7.49. The number of nitrogens with one attached hydrogen (secondary N) is 1. The van der Waals surface area contributed by atoms with Crippen LogP contribution in [0.1, 0.15) is 11.1 Å². The summed E-state index contributed by atoms with van der Waals surface area (Å²) in [4.78, 5) is 14.0. The number of rotatable bonds is 7.